The van der Waals surface area contributed by atoms with Crippen molar-refractivity contribution in [1.82, 2.24) is 5.32 Å². The van der Waals surface area contributed by atoms with Crippen LogP contribution in [0.4, 0.5) is 0 Å². The zero-order valence-corrected chi connectivity index (χ0v) is 13.7. The van der Waals surface area contributed by atoms with Gasteiger partial charge < -0.3 is 11.1 Å². The standard InChI is InChI=1S/C17H34N2O/c1-4-5-6-11-17(2,3)13-19-16(20)15-9-7-14(12-18)8-10-15/h14-15H,4-13,18H2,1-3H3,(H,19,20). The van der Waals surface area contributed by atoms with E-state index >= 15 is 0 Å². The van der Waals surface area contributed by atoms with E-state index in [9.17, 15) is 4.79 Å². The molecule has 0 aromatic heterocycles. The van der Waals surface area contributed by atoms with Gasteiger partial charge in [-0.15, -0.1) is 0 Å². The van der Waals surface area contributed by atoms with Gasteiger partial charge in [0, 0.05) is 12.5 Å². The molecule has 20 heavy (non-hydrogen) atoms. The van der Waals surface area contributed by atoms with E-state index in [0.29, 0.717) is 5.92 Å². The topological polar surface area (TPSA) is 55.1 Å². The van der Waals surface area contributed by atoms with Crippen LogP contribution >= 0.6 is 0 Å². The molecular formula is C17H34N2O. The van der Waals surface area contributed by atoms with Gasteiger partial charge in [-0.1, -0.05) is 40.0 Å². The van der Waals surface area contributed by atoms with Crippen molar-refractivity contribution in [2.75, 3.05) is 13.1 Å². The zero-order chi connectivity index (χ0) is 15.0. The van der Waals surface area contributed by atoms with Crippen LogP contribution in [0, 0.1) is 17.3 Å². The molecular weight excluding hydrogens is 248 g/mol. The summed E-state index contributed by atoms with van der Waals surface area (Å²) in [6.07, 6.45) is 9.28. The fraction of sp³-hybridized carbons (Fsp3) is 0.941. The Morgan fingerprint density at radius 3 is 2.40 bits per heavy atom. The number of carbonyl (C=O) groups is 1. The minimum Gasteiger partial charge on any atom is -0.355 e. The van der Waals surface area contributed by atoms with E-state index in [1.54, 1.807) is 0 Å². The highest BCUT2D eigenvalue weighted by molar-refractivity contribution is 5.78. The Balaban J connectivity index is 2.25. The van der Waals surface area contributed by atoms with Crippen molar-refractivity contribution in [3.8, 4) is 0 Å². The second-order valence-corrected chi connectivity index (χ2v) is 7.29. The number of unbranched alkanes of at least 4 members (excludes halogenated alkanes) is 2. The van der Waals surface area contributed by atoms with Crippen LogP contribution in [-0.2, 0) is 4.79 Å². The molecule has 1 fully saturated rings. The highest BCUT2D eigenvalue weighted by Crippen LogP contribution is 2.29. The molecule has 1 aliphatic rings. The fourth-order valence-electron chi connectivity index (χ4n) is 3.07. The third-order valence-corrected chi connectivity index (χ3v) is 4.75. The zero-order valence-electron chi connectivity index (χ0n) is 13.7. The highest BCUT2D eigenvalue weighted by atomic mass is 16.1. The predicted octanol–water partition coefficient (Wildman–Crippen LogP) is 3.47. The van der Waals surface area contributed by atoms with Gasteiger partial charge in [-0.2, -0.15) is 0 Å². The summed E-state index contributed by atoms with van der Waals surface area (Å²) in [5, 5.41) is 3.18. The molecule has 0 spiro atoms. The van der Waals surface area contributed by atoms with Gasteiger partial charge in [0.15, 0.2) is 0 Å². The molecule has 0 unspecified atom stereocenters. The number of amides is 1. The molecule has 1 aliphatic carbocycles. The van der Waals surface area contributed by atoms with Crippen molar-refractivity contribution in [3.05, 3.63) is 0 Å². The summed E-state index contributed by atoms with van der Waals surface area (Å²) in [5.41, 5.74) is 5.92. The molecule has 0 bridgehead atoms. The Hall–Kier alpha value is -0.570. The van der Waals surface area contributed by atoms with E-state index in [1.807, 2.05) is 0 Å². The van der Waals surface area contributed by atoms with Gasteiger partial charge in [0.05, 0.1) is 0 Å². The molecule has 3 nitrogen and oxygen atoms in total. The summed E-state index contributed by atoms with van der Waals surface area (Å²) in [5.74, 6) is 1.14. The van der Waals surface area contributed by atoms with Crippen LogP contribution in [-0.4, -0.2) is 19.0 Å². The molecule has 1 saturated carbocycles. The minimum atomic E-state index is 0.222. The van der Waals surface area contributed by atoms with Crippen LogP contribution < -0.4 is 11.1 Å². The van der Waals surface area contributed by atoms with Gasteiger partial charge in [-0.05, 0) is 50.0 Å². The van der Waals surface area contributed by atoms with Gasteiger partial charge in [-0.25, -0.2) is 0 Å². The summed E-state index contributed by atoms with van der Waals surface area (Å²) in [4.78, 5) is 12.2. The number of rotatable bonds is 8. The molecule has 118 valence electrons. The number of hydrogen-bond acceptors (Lipinski definition) is 2. The summed E-state index contributed by atoms with van der Waals surface area (Å²) in [6, 6.07) is 0. The normalized spacial score (nSPS) is 23.6. The molecule has 0 radical (unpaired) electrons. The second-order valence-electron chi connectivity index (χ2n) is 7.29. The smallest absolute Gasteiger partial charge is 0.223 e. The SMILES string of the molecule is CCCCCC(C)(C)CNC(=O)C1CCC(CN)CC1. The molecule has 0 saturated heterocycles. The first kappa shape index (κ1) is 17.5. The minimum absolute atomic E-state index is 0.222. The van der Waals surface area contributed by atoms with E-state index in [0.717, 1.165) is 38.8 Å². The second kappa shape index (κ2) is 8.66. The Labute approximate surface area is 125 Å². The first-order valence-corrected chi connectivity index (χ1v) is 8.46. The maximum Gasteiger partial charge on any atom is 0.223 e. The molecule has 0 aromatic carbocycles. The molecule has 0 heterocycles. The first-order valence-electron chi connectivity index (χ1n) is 8.46. The van der Waals surface area contributed by atoms with Crippen molar-refractivity contribution in [3.63, 3.8) is 0 Å². The van der Waals surface area contributed by atoms with Crippen molar-refractivity contribution < 1.29 is 4.79 Å². The molecule has 0 atom stereocenters. The predicted molar refractivity (Wildman–Crippen MR) is 85.4 cm³/mol. The summed E-state index contributed by atoms with van der Waals surface area (Å²) >= 11 is 0. The average molecular weight is 282 g/mol. The maximum absolute atomic E-state index is 12.2. The van der Waals surface area contributed by atoms with E-state index in [4.69, 9.17) is 5.73 Å². The van der Waals surface area contributed by atoms with Crippen LogP contribution in [0.15, 0.2) is 0 Å². The van der Waals surface area contributed by atoms with Crippen LogP contribution in [0.5, 0.6) is 0 Å². The monoisotopic (exact) mass is 282 g/mol. The lowest BCUT2D eigenvalue weighted by atomic mass is 9.81. The van der Waals surface area contributed by atoms with Gasteiger partial charge >= 0.3 is 0 Å². The van der Waals surface area contributed by atoms with E-state index in [-0.39, 0.29) is 17.2 Å². The Morgan fingerprint density at radius 2 is 1.85 bits per heavy atom. The highest BCUT2D eigenvalue weighted by Gasteiger charge is 2.27. The van der Waals surface area contributed by atoms with Crippen LogP contribution in [0.2, 0.25) is 0 Å². The lowest BCUT2D eigenvalue weighted by Crippen LogP contribution is -2.39. The van der Waals surface area contributed by atoms with Gasteiger partial charge in [0.25, 0.3) is 0 Å². The lowest BCUT2D eigenvalue weighted by Gasteiger charge is -2.29. The maximum atomic E-state index is 12.2. The molecule has 1 amide bonds. The number of carbonyl (C=O) groups excluding carboxylic acids is 1. The molecule has 1 rings (SSSR count). The molecule has 3 heteroatoms. The Bertz CT molecular complexity index is 281. The van der Waals surface area contributed by atoms with Gasteiger partial charge in [0.2, 0.25) is 5.91 Å². The van der Waals surface area contributed by atoms with Crippen LogP contribution in [0.1, 0.15) is 72.1 Å². The largest absolute Gasteiger partial charge is 0.355 e. The Morgan fingerprint density at radius 1 is 1.20 bits per heavy atom. The van der Waals surface area contributed by atoms with Crippen LogP contribution in [0.25, 0.3) is 0 Å². The van der Waals surface area contributed by atoms with E-state index < -0.39 is 0 Å². The number of nitrogens with two attached hydrogens (primary N) is 1. The van der Waals surface area contributed by atoms with Crippen LogP contribution in [0.3, 0.4) is 0 Å². The molecule has 0 aromatic rings. The molecule has 0 aliphatic heterocycles. The van der Waals surface area contributed by atoms with Crippen molar-refractivity contribution in [2.24, 2.45) is 23.0 Å². The summed E-state index contributed by atoms with van der Waals surface area (Å²) in [7, 11) is 0. The summed E-state index contributed by atoms with van der Waals surface area (Å²) < 4.78 is 0. The summed E-state index contributed by atoms with van der Waals surface area (Å²) in [6.45, 7) is 8.33. The first-order chi connectivity index (χ1) is 9.48. The number of nitrogens with one attached hydrogen (secondary N) is 1. The van der Waals surface area contributed by atoms with Crippen molar-refractivity contribution >= 4 is 5.91 Å². The Kier molecular flexibility index (Phi) is 7.57. The van der Waals surface area contributed by atoms with Crippen molar-refractivity contribution in [2.45, 2.75) is 72.1 Å². The van der Waals surface area contributed by atoms with E-state index in [2.05, 4.69) is 26.1 Å². The van der Waals surface area contributed by atoms with Gasteiger partial charge in [0.1, 0.15) is 0 Å². The van der Waals surface area contributed by atoms with Crippen molar-refractivity contribution in [1.29, 1.82) is 0 Å². The third-order valence-electron chi connectivity index (χ3n) is 4.75. The number of hydrogen-bond donors (Lipinski definition) is 2. The van der Waals surface area contributed by atoms with E-state index in [1.165, 1.54) is 25.7 Å². The third kappa shape index (κ3) is 6.25. The van der Waals surface area contributed by atoms with Gasteiger partial charge in [-0.3, -0.25) is 4.79 Å². The fourth-order valence-corrected chi connectivity index (χ4v) is 3.07. The average Bonchev–Trinajstić information content (AvgIpc) is 2.45. The quantitative estimate of drug-likeness (QED) is 0.670. The lowest BCUT2D eigenvalue weighted by molar-refractivity contribution is -0.126. The molecule has 3 N–H and O–H groups in total.